The molecular formula is C22H27ClN2O. The smallest absolute Gasteiger partial charge is 0.151 e. The quantitative estimate of drug-likeness (QED) is 0.747. The van der Waals surface area contributed by atoms with Gasteiger partial charge in [0.2, 0.25) is 0 Å². The lowest BCUT2D eigenvalue weighted by Crippen LogP contribution is -2.27. The molecule has 1 fully saturated rings. The standard InChI is InChI=1S/C22H27ClN2O/c1-17(19-7-3-2-4-8-19)24-15-18-9-10-22(23)20(13-18)14-21(26)16-25-11-5-6-12-25/h2-4,7-10,13,17,24H,5-6,11-12,14-16H2,1H3. The molecule has 0 bridgehead atoms. The van der Waals surface area contributed by atoms with E-state index in [-0.39, 0.29) is 11.8 Å². The minimum absolute atomic E-state index is 0.247. The molecule has 0 spiro atoms. The van der Waals surface area contributed by atoms with Crippen LogP contribution in [-0.2, 0) is 17.8 Å². The third-order valence-electron chi connectivity index (χ3n) is 5.01. The number of rotatable bonds is 8. The van der Waals surface area contributed by atoms with Crippen LogP contribution in [0, 0.1) is 0 Å². The molecule has 1 aliphatic heterocycles. The number of benzene rings is 2. The summed E-state index contributed by atoms with van der Waals surface area (Å²) in [6, 6.07) is 16.7. The lowest BCUT2D eigenvalue weighted by atomic mass is 10.0. The zero-order chi connectivity index (χ0) is 18.4. The van der Waals surface area contributed by atoms with E-state index in [1.807, 2.05) is 18.2 Å². The number of halogens is 1. The van der Waals surface area contributed by atoms with E-state index in [0.29, 0.717) is 18.0 Å². The molecule has 26 heavy (non-hydrogen) atoms. The predicted molar refractivity (Wildman–Crippen MR) is 108 cm³/mol. The molecule has 1 unspecified atom stereocenters. The molecule has 0 amide bonds. The molecule has 1 heterocycles. The van der Waals surface area contributed by atoms with Gasteiger partial charge in [-0.2, -0.15) is 0 Å². The van der Waals surface area contributed by atoms with Gasteiger partial charge >= 0.3 is 0 Å². The van der Waals surface area contributed by atoms with Gasteiger partial charge in [0.25, 0.3) is 0 Å². The first-order valence-electron chi connectivity index (χ1n) is 9.41. The number of carbonyl (C=O) groups is 1. The Labute approximate surface area is 161 Å². The molecule has 1 atom stereocenters. The second-order valence-corrected chi connectivity index (χ2v) is 7.54. The first kappa shape index (κ1) is 19.1. The van der Waals surface area contributed by atoms with Crippen molar-refractivity contribution in [2.45, 2.75) is 38.8 Å². The maximum absolute atomic E-state index is 12.4. The number of hydrogen-bond donors (Lipinski definition) is 1. The lowest BCUT2D eigenvalue weighted by Gasteiger charge is -2.16. The number of hydrogen-bond acceptors (Lipinski definition) is 3. The van der Waals surface area contributed by atoms with E-state index in [1.165, 1.54) is 18.4 Å². The van der Waals surface area contributed by atoms with E-state index in [2.05, 4.69) is 47.5 Å². The molecule has 2 aromatic rings. The summed E-state index contributed by atoms with van der Waals surface area (Å²) < 4.78 is 0. The molecule has 4 heteroatoms. The molecule has 0 radical (unpaired) electrons. The van der Waals surface area contributed by atoms with Gasteiger partial charge in [-0.05, 0) is 55.6 Å². The van der Waals surface area contributed by atoms with E-state index in [0.717, 1.165) is 30.8 Å². The molecule has 0 aromatic heterocycles. The Morgan fingerprint density at radius 3 is 2.62 bits per heavy atom. The molecule has 0 aliphatic carbocycles. The van der Waals surface area contributed by atoms with Crippen LogP contribution in [0.1, 0.15) is 42.5 Å². The van der Waals surface area contributed by atoms with Crippen molar-refractivity contribution in [3.05, 3.63) is 70.2 Å². The van der Waals surface area contributed by atoms with Crippen molar-refractivity contribution < 1.29 is 4.79 Å². The van der Waals surface area contributed by atoms with Gasteiger partial charge in [0.05, 0.1) is 6.54 Å². The summed E-state index contributed by atoms with van der Waals surface area (Å²) in [5.41, 5.74) is 3.35. The number of likely N-dealkylation sites (tertiary alicyclic amines) is 1. The van der Waals surface area contributed by atoms with Crippen molar-refractivity contribution in [3.63, 3.8) is 0 Å². The summed E-state index contributed by atoms with van der Waals surface area (Å²) in [5, 5.41) is 4.22. The Morgan fingerprint density at radius 2 is 1.88 bits per heavy atom. The predicted octanol–water partition coefficient (Wildman–Crippen LogP) is 4.40. The van der Waals surface area contributed by atoms with Crippen molar-refractivity contribution in [2.75, 3.05) is 19.6 Å². The molecule has 3 rings (SSSR count). The summed E-state index contributed by atoms with van der Waals surface area (Å²) in [5.74, 6) is 0.247. The fourth-order valence-electron chi connectivity index (χ4n) is 3.46. The second kappa shape index (κ2) is 9.31. The highest BCUT2D eigenvalue weighted by Gasteiger charge is 2.16. The Bertz CT molecular complexity index is 726. The maximum atomic E-state index is 12.4. The minimum atomic E-state index is 0.247. The lowest BCUT2D eigenvalue weighted by molar-refractivity contribution is -0.119. The zero-order valence-corrected chi connectivity index (χ0v) is 16.1. The highest BCUT2D eigenvalue weighted by atomic mass is 35.5. The van der Waals surface area contributed by atoms with Gasteiger partial charge in [-0.15, -0.1) is 0 Å². The first-order valence-corrected chi connectivity index (χ1v) is 9.79. The summed E-state index contributed by atoms with van der Waals surface area (Å²) in [4.78, 5) is 14.6. The van der Waals surface area contributed by atoms with E-state index in [4.69, 9.17) is 11.6 Å². The monoisotopic (exact) mass is 370 g/mol. The minimum Gasteiger partial charge on any atom is -0.306 e. The molecule has 138 valence electrons. The van der Waals surface area contributed by atoms with Crippen molar-refractivity contribution in [1.82, 2.24) is 10.2 Å². The third-order valence-corrected chi connectivity index (χ3v) is 5.38. The third kappa shape index (κ3) is 5.41. The summed E-state index contributed by atoms with van der Waals surface area (Å²) >= 11 is 6.33. The Balaban J connectivity index is 1.57. The largest absolute Gasteiger partial charge is 0.306 e. The SMILES string of the molecule is CC(NCc1ccc(Cl)c(CC(=O)CN2CCCC2)c1)c1ccccc1. The van der Waals surface area contributed by atoms with Gasteiger partial charge in [-0.3, -0.25) is 9.69 Å². The maximum Gasteiger partial charge on any atom is 0.151 e. The fourth-order valence-corrected chi connectivity index (χ4v) is 3.65. The number of nitrogens with one attached hydrogen (secondary N) is 1. The summed E-state index contributed by atoms with van der Waals surface area (Å²) in [6.45, 7) is 5.54. The Morgan fingerprint density at radius 1 is 1.15 bits per heavy atom. The molecule has 3 nitrogen and oxygen atoms in total. The van der Waals surface area contributed by atoms with Crippen LogP contribution in [0.4, 0.5) is 0 Å². The van der Waals surface area contributed by atoms with Gasteiger partial charge in [-0.25, -0.2) is 0 Å². The van der Waals surface area contributed by atoms with E-state index >= 15 is 0 Å². The average Bonchev–Trinajstić information content (AvgIpc) is 3.15. The second-order valence-electron chi connectivity index (χ2n) is 7.14. The highest BCUT2D eigenvalue weighted by Crippen LogP contribution is 2.20. The van der Waals surface area contributed by atoms with Crippen molar-refractivity contribution in [3.8, 4) is 0 Å². The topological polar surface area (TPSA) is 32.3 Å². The van der Waals surface area contributed by atoms with Crippen LogP contribution in [0.2, 0.25) is 5.02 Å². The number of nitrogens with zero attached hydrogens (tertiary/aromatic N) is 1. The van der Waals surface area contributed by atoms with Crippen LogP contribution in [0.5, 0.6) is 0 Å². The number of Topliss-reactive ketones (excluding diaryl/α,β-unsaturated/α-hetero) is 1. The summed E-state index contributed by atoms with van der Waals surface area (Å²) in [7, 11) is 0. The molecule has 0 saturated carbocycles. The van der Waals surface area contributed by atoms with Gasteiger partial charge in [0.1, 0.15) is 0 Å². The summed E-state index contributed by atoms with van der Waals surface area (Å²) in [6.07, 6.45) is 2.82. The van der Waals surface area contributed by atoms with Crippen LogP contribution in [0.15, 0.2) is 48.5 Å². The van der Waals surface area contributed by atoms with Gasteiger partial charge in [0.15, 0.2) is 5.78 Å². The fraction of sp³-hybridized carbons (Fsp3) is 0.409. The van der Waals surface area contributed by atoms with Crippen molar-refractivity contribution >= 4 is 17.4 Å². The Kier molecular flexibility index (Phi) is 6.84. The van der Waals surface area contributed by atoms with Gasteiger partial charge < -0.3 is 5.32 Å². The zero-order valence-electron chi connectivity index (χ0n) is 15.4. The van der Waals surface area contributed by atoms with Crippen molar-refractivity contribution in [1.29, 1.82) is 0 Å². The molecule has 2 aromatic carbocycles. The van der Waals surface area contributed by atoms with Crippen LogP contribution in [0.25, 0.3) is 0 Å². The number of ketones is 1. The normalized spacial score (nSPS) is 15.9. The average molecular weight is 371 g/mol. The van der Waals surface area contributed by atoms with Crippen LogP contribution >= 0.6 is 11.6 Å². The van der Waals surface area contributed by atoms with Crippen LogP contribution < -0.4 is 5.32 Å². The number of carbonyl (C=O) groups excluding carboxylic acids is 1. The molecular weight excluding hydrogens is 344 g/mol. The highest BCUT2D eigenvalue weighted by molar-refractivity contribution is 6.31. The molecule has 1 aliphatic rings. The Hall–Kier alpha value is -1.68. The molecule has 1 N–H and O–H groups in total. The van der Waals surface area contributed by atoms with Crippen LogP contribution in [0.3, 0.4) is 0 Å². The van der Waals surface area contributed by atoms with Gasteiger partial charge in [-0.1, -0.05) is 54.1 Å². The van der Waals surface area contributed by atoms with E-state index in [9.17, 15) is 4.79 Å². The first-order chi connectivity index (χ1) is 12.6. The van der Waals surface area contributed by atoms with Gasteiger partial charge in [0, 0.05) is 24.0 Å². The molecule has 1 saturated heterocycles. The van der Waals surface area contributed by atoms with E-state index < -0.39 is 0 Å². The van der Waals surface area contributed by atoms with Crippen LogP contribution in [-0.4, -0.2) is 30.3 Å². The van der Waals surface area contributed by atoms with Crippen molar-refractivity contribution in [2.24, 2.45) is 0 Å². The van der Waals surface area contributed by atoms with E-state index in [1.54, 1.807) is 0 Å².